The van der Waals surface area contributed by atoms with Gasteiger partial charge in [-0.2, -0.15) is 4.31 Å². The first kappa shape index (κ1) is 17.5. The highest BCUT2D eigenvalue weighted by Gasteiger charge is 2.28. The van der Waals surface area contributed by atoms with Gasteiger partial charge in [-0.3, -0.25) is 0 Å². The van der Waals surface area contributed by atoms with Crippen molar-refractivity contribution in [2.45, 2.75) is 4.90 Å². The standard InChI is InChI=1S/C18H17ClFN3O2S/c19-16-4-1-12(15-11-22-17-10-13(20)2-3-14(15)17)9-18(16)26(24,25)23-7-5-21-6-8-23/h1-4,9-11,21-22H,5-8H2. The normalized spacial score (nSPS) is 16.2. The van der Waals surface area contributed by atoms with Crippen LogP contribution in [0.25, 0.3) is 22.0 Å². The van der Waals surface area contributed by atoms with Crippen molar-refractivity contribution in [3.8, 4) is 11.1 Å². The Bertz CT molecular complexity index is 1080. The molecule has 2 aromatic carbocycles. The van der Waals surface area contributed by atoms with Crippen molar-refractivity contribution in [1.82, 2.24) is 14.6 Å². The Balaban J connectivity index is 1.81. The molecular weight excluding hydrogens is 377 g/mol. The van der Waals surface area contributed by atoms with Crippen molar-refractivity contribution in [3.05, 3.63) is 53.4 Å². The molecule has 4 rings (SSSR count). The summed E-state index contributed by atoms with van der Waals surface area (Å²) >= 11 is 6.22. The van der Waals surface area contributed by atoms with Crippen LogP contribution in [0, 0.1) is 5.82 Å². The number of benzene rings is 2. The van der Waals surface area contributed by atoms with Crippen molar-refractivity contribution in [1.29, 1.82) is 0 Å². The molecule has 1 aliphatic rings. The summed E-state index contributed by atoms with van der Waals surface area (Å²) in [5, 5.41) is 4.15. The quantitative estimate of drug-likeness (QED) is 0.718. The maximum absolute atomic E-state index is 13.4. The molecule has 0 radical (unpaired) electrons. The van der Waals surface area contributed by atoms with Gasteiger partial charge in [0.05, 0.1) is 5.02 Å². The Labute approximate surface area is 155 Å². The van der Waals surface area contributed by atoms with Crippen LogP contribution in [0.1, 0.15) is 0 Å². The SMILES string of the molecule is O=S(=O)(c1cc(-c2c[nH]c3cc(F)ccc23)ccc1Cl)N1CCNCC1. The van der Waals surface area contributed by atoms with Crippen LogP contribution in [0.15, 0.2) is 47.5 Å². The molecule has 1 saturated heterocycles. The zero-order chi connectivity index (χ0) is 18.3. The molecule has 0 amide bonds. The van der Waals surface area contributed by atoms with Crippen molar-refractivity contribution in [2.75, 3.05) is 26.2 Å². The Kier molecular flexibility index (Phi) is 4.48. The Hall–Kier alpha value is -1.93. The molecule has 0 unspecified atom stereocenters. The van der Waals surface area contributed by atoms with E-state index in [2.05, 4.69) is 10.3 Å². The lowest BCUT2D eigenvalue weighted by atomic mass is 10.1. The molecule has 0 aliphatic carbocycles. The highest BCUT2D eigenvalue weighted by Crippen LogP contribution is 2.34. The van der Waals surface area contributed by atoms with Crippen LogP contribution in [0.2, 0.25) is 5.02 Å². The third-order valence-corrected chi connectivity index (χ3v) is 6.96. The molecule has 2 heterocycles. The van der Waals surface area contributed by atoms with Gasteiger partial charge in [0.15, 0.2) is 0 Å². The molecule has 136 valence electrons. The van der Waals surface area contributed by atoms with E-state index in [0.717, 1.165) is 10.9 Å². The van der Waals surface area contributed by atoms with Crippen LogP contribution in [0.5, 0.6) is 0 Å². The second-order valence-electron chi connectivity index (χ2n) is 6.19. The third kappa shape index (κ3) is 3.01. The highest BCUT2D eigenvalue weighted by molar-refractivity contribution is 7.89. The molecule has 26 heavy (non-hydrogen) atoms. The molecule has 8 heteroatoms. The van der Waals surface area contributed by atoms with E-state index in [4.69, 9.17) is 11.6 Å². The van der Waals surface area contributed by atoms with Gasteiger partial charge in [-0.25, -0.2) is 12.8 Å². The molecule has 0 bridgehead atoms. The maximum Gasteiger partial charge on any atom is 0.244 e. The Morgan fingerprint density at radius 2 is 1.85 bits per heavy atom. The lowest BCUT2D eigenvalue weighted by molar-refractivity contribution is 0.360. The average molecular weight is 394 g/mol. The summed E-state index contributed by atoms with van der Waals surface area (Å²) in [7, 11) is -3.68. The summed E-state index contributed by atoms with van der Waals surface area (Å²) in [6.45, 7) is 2.06. The molecule has 3 aromatic rings. The predicted molar refractivity (Wildman–Crippen MR) is 100 cm³/mol. The van der Waals surface area contributed by atoms with Crippen molar-refractivity contribution in [2.24, 2.45) is 0 Å². The minimum atomic E-state index is -3.68. The molecule has 1 aliphatic heterocycles. The van der Waals surface area contributed by atoms with Crippen molar-refractivity contribution in [3.63, 3.8) is 0 Å². The van der Waals surface area contributed by atoms with Gasteiger partial charge in [0.1, 0.15) is 10.7 Å². The molecule has 0 saturated carbocycles. The van der Waals surface area contributed by atoms with Gasteiger partial charge < -0.3 is 10.3 Å². The van der Waals surface area contributed by atoms with Gasteiger partial charge >= 0.3 is 0 Å². The summed E-state index contributed by atoms with van der Waals surface area (Å²) in [6, 6.07) is 9.42. The number of nitrogens with zero attached hydrogens (tertiary/aromatic N) is 1. The van der Waals surface area contributed by atoms with E-state index in [1.54, 1.807) is 30.5 Å². The van der Waals surface area contributed by atoms with E-state index in [0.29, 0.717) is 37.3 Å². The maximum atomic E-state index is 13.4. The largest absolute Gasteiger partial charge is 0.360 e. The summed E-state index contributed by atoms with van der Waals surface area (Å²) in [6.07, 6.45) is 1.74. The fourth-order valence-electron chi connectivity index (χ4n) is 3.23. The van der Waals surface area contributed by atoms with Crippen LogP contribution in [-0.2, 0) is 10.0 Å². The number of hydrogen-bond donors (Lipinski definition) is 2. The van der Waals surface area contributed by atoms with E-state index in [-0.39, 0.29) is 15.7 Å². The number of hydrogen-bond acceptors (Lipinski definition) is 3. The second-order valence-corrected chi connectivity index (χ2v) is 8.51. The molecule has 0 spiro atoms. The van der Waals surface area contributed by atoms with Crippen LogP contribution in [-0.4, -0.2) is 43.9 Å². The summed E-state index contributed by atoms with van der Waals surface area (Å²) in [5.41, 5.74) is 2.16. The number of halogens is 2. The molecular formula is C18H17ClFN3O2S. The fraction of sp³-hybridized carbons (Fsp3) is 0.222. The van der Waals surface area contributed by atoms with E-state index in [1.807, 2.05) is 0 Å². The minimum Gasteiger partial charge on any atom is -0.360 e. The van der Waals surface area contributed by atoms with Gasteiger partial charge in [0.2, 0.25) is 10.0 Å². The molecule has 0 atom stereocenters. The Morgan fingerprint density at radius 3 is 2.62 bits per heavy atom. The number of fused-ring (bicyclic) bond motifs is 1. The van der Waals surface area contributed by atoms with Crippen LogP contribution >= 0.6 is 11.6 Å². The van der Waals surface area contributed by atoms with Gasteiger partial charge in [0, 0.05) is 48.8 Å². The van der Waals surface area contributed by atoms with Crippen LogP contribution in [0.4, 0.5) is 4.39 Å². The lowest BCUT2D eigenvalue weighted by Crippen LogP contribution is -2.46. The average Bonchev–Trinajstić information content (AvgIpc) is 3.05. The lowest BCUT2D eigenvalue weighted by Gasteiger charge is -2.27. The highest BCUT2D eigenvalue weighted by atomic mass is 35.5. The van der Waals surface area contributed by atoms with Gasteiger partial charge in [0.25, 0.3) is 0 Å². The number of aromatic amines is 1. The first-order chi connectivity index (χ1) is 12.5. The van der Waals surface area contributed by atoms with Crippen molar-refractivity contribution >= 4 is 32.5 Å². The van der Waals surface area contributed by atoms with Gasteiger partial charge in [-0.05, 0) is 35.9 Å². The van der Waals surface area contributed by atoms with Gasteiger partial charge in [-0.1, -0.05) is 17.7 Å². The van der Waals surface area contributed by atoms with E-state index in [9.17, 15) is 12.8 Å². The monoisotopic (exact) mass is 393 g/mol. The Morgan fingerprint density at radius 1 is 1.08 bits per heavy atom. The topological polar surface area (TPSA) is 65.2 Å². The van der Waals surface area contributed by atoms with Crippen LogP contribution in [0.3, 0.4) is 0 Å². The molecule has 1 fully saturated rings. The summed E-state index contributed by atoms with van der Waals surface area (Å²) in [4.78, 5) is 3.12. The number of H-pyrrole nitrogens is 1. The second kappa shape index (κ2) is 6.66. The van der Waals surface area contributed by atoms with E-state index < -0.39 is 10.0 Å². The number of aromatic nitrogens is 1. The number of piperazine rings is 1. The molecule has 1 aromatic heterocycles. The third-order valence-electron chi connectivity index (χ3n) is 4.58. The fourth-order valence-corrected chi connectivity index (χ4v) is 5.17. The first-order valence-electron chi connectivity index (χ1n) is 8.24. The first-order valence-corrected chi connectivity index (χ1v) is 10.1. The predicted octanol–water partition coefficient (Wildman–Crippen LogP) is 3.22. The summed E-state index contributed by atoms with van der Waals surface area (Å²) < 4.78 is 40.8. The van der Waals surface area contributed by atoms with Crippen LogP contribution < -0.4 is 5.32 Å². The number of rotatable bonds is 3. The zero-order valence-electron chi connectivity index (χ0n) is 13.8. The molecule has 5 nitrogen and oxygen atoms in total. The summed E-state index contributed by atoms with van der Waals surface area (Å²) in [5.74, 6) is -0.330. The van der Waals surface area contributed by atoms with Crippen molar-refractivity contribution < 1.29 is 12.8 Å². The van der Waals surface area contributed by atoms with E-state index >= 15 is 0 Å². The smallest absolute Gasteiger partial charge is 0.244 e. The molecule has 2 N–H and O–H groups in total. The van der Waals surface area contributed by atoms with Gasteiger partial charge in [-0.15, -0.1) is 0 Å². The number of nitrogens with one attached hydrogen (secondary N) is 2. The minimum absolute atomic E-state index is 0.0926. The number of sulfonamides is 1. The van der Waals surface area contributed by atoms with E-state index in [1.165, 1.54) is 16.4 Å². The zero-order valence-corrected chi connectivity index (χ0v) is 15.4.